The first-order valence-electron chi connectivity index (χ1n) is 6.62. The zero-order valence-electron chi connectivity index (χ0n) is 13.0. The van der Waals surface area contributed by atoms with Gasteiger partial charge in [0.1, 0.15) is 17.1 Å². The first kappa shape index (κ1) is 15.6. The number of hydrogen-bond acceptors (Lipinski definition) is 5. The van der Waals surface area contributed by atoms with E-state index in [1.54, 1.807) is 43.6 Å². The molecule has 0 N–H and O–H groups in total. The van der Waals surface area contributed by atoms with Crippen molar-refractivity contribution in [1.29, 1.82) is 0 Å². The van der Waals surface area contributed by atoms with E-state index >= 15 is 0 Å². The number of ether oxygens (including phenoxy) is 3. The van der Waals surface area contributed by atoms with Crippen molar-refractivity contribution in [3.8, 4) is 17.2 Å². The number of benzene rings is 1. The number of anilines is 1. The number of pyridine rings is 1. The predicted molar refractivity (Wildman–Crippen MR) is 83.1 cm³/mol. The molecule has 0 bridgehead atoms. The second-order valence-electron chi connectivity index (χ2n) is 4.43. The average molecular weight is 302 g/mol. The summed E-state index contributed by atoms with van der Waals surface area (Å²) in [7, 11) is 6.17. The Labute approximate surface area is 129 Å². The molecule has 0 atom stereocenters. The number of methoxy groups -OCH3 is 3. The van der Waals surface area contributed by atoms with E-state index in [4.69, 9.17) is 14.2 Å². The molecule has 0 saturated carbocycles. The summed E-state index contributed by atoms with van der Waals surface area (Å²) < 4.78 is 15.8. The molecule has 2 aromatic rings. The third-order valence-corrected chi connectivity index (χ3v) is 3.23. The molecule has 0 aliphatic heterocycles. The van der Waals surface area contributed by atoms with Gasteiger partial charge in [-0.3, -0.25) is 9.69 Å². The average Bonchev–Trinajstić information content (AvgIpc) is 2.59. The van der Waals surface area contributed by atoms with Gasteiger partial charge in [-0.15, -0.1) is 0 Å². The van der Waals surface area contributed by atoms with E-state index in [1.165, 1.54) is 26.2 Å². The molecule has 116 valence electrons. The number of carbonyl (C=O) groups is 1. The smallest absolute Gasteiger partial charge is 0.266 e. The van der Waals surface area contributed by atoms with Gasteiger partial charge in [0.25, 0.3) is 5.91 Å². The molecule has 0 saturated heterocycles. The van der Waals surface area contributed by atoms with E-state index in [-0.39, 0.29) is 5.91 Å². The fourth-order valence-electron chi connectivity index (χ4n) is 2.12. The second kappa shape index (κ2) is 6.80. The number of amides is 1. The van der Waals surface area contributed by atoms with Crippen LogP contribution in [0.2, 0.25) is 0 Å². The minimum Gasteiger partial charge on any atom is -0.496 e. The minimum absolute atomic E-state index is 0.300. The van der Waals surface area contributed by atoms with Gasteiger partial charge in [0.15, 0.2) is 11.6 Å². The van der Waals surface area contributed by atoms with E-state index in [0.717, 1.165) is 0 Å². The molecule has 0 aliphatic carbocycles. The monoisotopic (exact) mass is 302 g/mol. The highest BCUT2D eigenvalue weighted by atomic mass is 16.5. The van der Waals surface area contributed by atoms with Crippen LogP contribution in [-0.4, -0.2) is 39.3 Å². The molecule has 0 fully saturated rings. The Balaban J connectivity index is 2.48. The van der Waals surface area contributed by atoms with Crippen molar-refractivity contribution in [1.82, 2.24) is 4.98 Å². The normalized spacial score (nSPS) is 10.0. The Morgan fingerprint density at radius 2 is 1.50 bits per heavy atom. The van der Waals surface area contributed by atoms with Gasteiger partial charge in [0.05, 0.1) is 21.3 Å². The van der Waals surface area contributed by atoms with Gasteiger partial charge in [-0.1, -0.05) is 6.07 Å². The van der Waals surface area contributed by atoms with E-state index in [2.05, 4.69) is 4.98 Å². The van der Waals surface area contributed by atoms with Gasteiger partial charge in [-0.2, -0.15) is 0 Å². The van der Waals surface area contributed by atoms with Crippen LogP contribution in [0.3, 0.4) is 0 Å². The van der Waals surface area contributed by atoms with Crippen LogP contribution < -0.4 is 19.1 Å². The molecular formula is C16H18N2O4. The molecule has 0 aliphatic rings. The van der Waals surface area contributed by atoms with Gasteiger partial charge in [-0.25, -0.2) is 4.98 Å². The fourth-order valence-corrected chi connectivity index (χ4v) is 2.12. The molecule has 22 heavy (non-hydrogen) atoms. The second-order valence-corrected chi connectivity index (χ2v) is 4.43. The van der Waals surface area contributed by atoms with Gasteiger partial charge >= 0.3 is 0 Å². The number of rotatable bonds is 5. The quantitative estimate of drug-likeness (QED) is 0.848. The van der Waals surface area contributed by atoms with Crippen molar-refractivity contribution in [2.24, 2.45) is 0 Å². The number of hydrogen-bond donors (Lipinski definition) is 0. The SMILES string of the molecule is COc1cccnc1N(C)C(=O)c1c(OC)cccc1OC. The fraction of sp³-hybridized carbons (Fsp3) is 0.250. The Hall–Kier alpha value is -2.76. The lowest BCUT2D eigenvalue weighted by Crippen LogP contribution is -2.28. The zero-order chi connectivity index (χ0) is 16.1. The van der Waals surface area contributed by atoms with Gasteiger partial charge in [-0.05, 0) is 24.3 Å². The highest BCUT2D eigenvalue weighted by molar-refractivity contribution is 6.09. The maximum absolute atomic E-state index is 12.8. The van der Waals surface area contributed by atoms with Gasteiger partial charge in [0.2, 0.25) is 0 Å². The zero-order valence-corrected chi connectivity index (χ0v) is 13.0. The minimum atomic E-state index is -0.300. The number of aromatic nitrogens is 1. The summed E-state index contributed by atoms with van der Waals surface area (Å²) in [5.41, 5.74) is 0.336. The van der Waals surface area contributed by atoms with Gasteiger partial charge < -0.3 is 14.2 Å². The van der Waals surface area contributed by atoms with E-state index < -0.39 is 0 Å². The van der Waals surface area contributed by atoms with Crippen LogP contribution in [0.15, 0.2) is 36.5 Å². The molecule has 1 heterocycles. The highest BCUT2D eigenvalue weighted by Crippen LogP contribution is 2.32. The van der Waals surface area contributed by atoms with Crippen LogP contribution >= 0.6 is 0 Å². The molecule has 1 aromatic heterocycles. The van der Waals surface area contributed by atoms with Crippen LogP contribution in [0.5, 0.6) is 17.2 Å². The Morgan fingerprint density at radius 3 is 2.05 bits per heavy atom. The third kappa shape index (κ3) is 2.81. The lowest BCUT2D eigenvalue weighted by atomic mass is 10.1. The van der Waals surface area contributed by atoms with Gasteiger partial charge in [0, 0.05) is 13.2 Å². The maximum Gasteiger partial charge on any atom is 0.266 e. The molecule has 2 rings (SSSR count). The summed E-state index contributed by atoms with van der Waals surface area (Å²) >= 11 is 0. The van der Waals surface area contributed by atoms with Crippen molar-refractivity contribution < 1.29 is 19.0 Å². The van der Waals surface area contributed by atoms with E-state index in [9.17, 15) is 4.79 Å². The molecule has 1 aromatic carbocycles. The van der Waals surface area contributed by atoms with Crippen LogP contribution in [0.25, 0.3) is 0 Å². The predicted octanol–water partition coefficient (Wildman–Crippen LogP) is 2.38. The molecule has 1 amide bonds. The summed E-state index contributed by atoms with van der Waals surface area (Å²) in [6.45, 7) is 0. The van der Waals surface area contributed by atoms with E-state index in [0.29, 0.717) is 28.6 Å². The third-order valence-electron chi connectivity index (χ3n) is 3.23. The van der Waals surface area contributed by atoms with Crippen LogP contribution in [0.1, 0.15) is 10.4 Å². The highest BCUT2D eigenvalue weighted by Gasteiger charge is 2.24. The lowest BCUT2D eigenvalue weighted by molar-refractivity contribution is 0.0985. The Morgan fingerprint density at radius 1 is 0.955 bits per heavy atom. The molecular weight excluding hydrogens is 284 g/mol. The Bertz CT molecular complexity index is 651. The standard InChI is InChI=1S/C16H18N2O4/c1-18(15-13(22-4)9-6-10-17-15)16(19)14-11(20-2)7-5-8-12(14)21-3/h5-10H,1-4H3. The van der Waals surface area contributed by atoms with Crippen molar-refractivity contribution in [2.45, 2.75) is 0 Å². The summed E-state index contributed by atoms with van der Waals surface area (Å²) in [5.74, 6) is 1.50. The van der Waals surface area contributed by atoms with Crippen LogP contribution in [0.4, 0.5) is 5.82 Å². The molecule has 0 unspecified atom stereocenters. The Kier molecular flexibility index (Phi) is 4.83. The number of carbonyl (C=O) groups excluding carboxylic acids is 1. The lowest BCUT2D eigenvalue weighted by Gasteiger charge is -2.21. The van der Waals surface area contributed by atoms with Crippen molar-refractivity contribution in [2.75, 3.05) is 33.3 Å². The first-order chi connectivity index (χ1) is 10.6. The summed E-state index contributed by atoms with van der Waals surface area (Å²) in [4.78, 5) is 18.5. The molecule has 6 heteroatoms. The van der Waals surface area contributed by atoms with Crippen molar-refractivity contribution in [3.05, 3.63) is 42.1 Å². The molecule has 0 radical (unpaired) electrons. The maximum atomic E-state index is 12.8. The molecule has 0 spiro atoms. The topological polar surface area (TPSA) is 60.9 Å². The summed E-state index contributed by atoms with van der Waals surface area (Å²) in [6.07, 6.45) is 1.60. The molecule has 6 nitrogen and oxygen atoms in total. The number of nitrogens with zero attached hydrogens (tertiary/aromatic N) is 2. The van der Waals surface area contributed by atoms with Crippen molar-refractivity contribution in [3.63, 3.8) is 0 Å². The summed E-state index contributed by atoms with van der Waals surface area (Å²) in [6, 6.07) is 8.66. The largest absolute Gasteiger partial charge is 0.496 e. The summed E-state index contributed by atoms with van der Waals surface area (Å²) in [5, 5.41) is 0. The van der Waals surface area contributed by atoms with Crippen molar-refractivity contribution >= 4 is 11.7 Å². The van der Waals surface area contributed by atoms with Crippen LogP contribution in [-0.2, 0) is 0 Å². The van der Waals surface area contributed by atoms with Crippen LogP contribution in [0, 0.1) is 0 Å². The van der Waals surface area contributed by atoms with E-state index in [1.807, 2.05) is 0 Å². The first-order valence-corrected chi connectivity index (χ1v) is 6.62.